The quantitative estimate of drug-likeness (QED) is 0.478. The number of carbonyl (C=O) groups excluding carboxylic acids is 2. The monoisotopic (exact) mass is 494 g/mol. The van der Waals surface area contributed by atoms with Crippen LogP contribution in [-0.2, 0) is 27.2 Å². The zero-order chi connectivity index (χ0) is 26.4. The average molecular weight is 495 g/mol. The molecule has 0 spiro atoms. The van der Waals surface area contributed by atoms with E-state index in [9.17, 15) is 24.6 Å². The second-order valence-corrected chi connectivity index (χ2v) is 9.65. The van der Waals surface area contributed by atoms with Gasteiger partial charge in [-0.05, 0) is 36.0 Å². The minimum atomic E-state index is -1.69. The number of carboxylic acid groups (broad SMARTS) is 1. The molecule has 0 aliphatic carbocycles. The van der Waals surface area contributed by atoms with Crippen LogP contribution in [0.15, 0.2) is 36.4 Å². The molecular weight excluding hydrogens is 460 g/mol. The largest absolute Gasteiger partial charge is 0.504 e. The third kappa shape index (κ3) is 3.50. The minimum Gasteiger partial charge on any atom is -0.504 e. The number of phenolic OH excluding ortho intramolecular Hbond substituents is 1. The first-order chi connectivity index (χ1) is 17.2. The highest BCUT2D eigenvalue weighted by molar-refractivity contribution is 6.25. The SMILES string of the molecule is CCc1cccc(CC)c1N1C(=O)C2C(c3cccc(OC)c3O)NC(C(=O)O)(C(C)CC)C2C1=O. The lowest BCUT2D eigenvalue weighted by molar-refractivity contribution is -0.151. The zero-order valence-electron chi connectivity index (χ0n) is 21.4. The Balaban J connectivity index is 1.97. The molecule has 2 aromatic carbocycles. The molecule has 8 nitrogen and oxygen atoms in total. The predicted octanol–water partition coefficient (Wildman–Crippen LogP) is 3.85. The Bertz CT molecular complexity index is 1190. The summed E-state index contributed by atoms with van der Waals surface area (Å²) in [7, 11) is 1.42. The van der Waals surface area contributed by atoms with Crippen LogP contribution in [0, 0.1) is 17.8 Å². The van der Waals surface area contributed by atoms with Crippen molar-refractivity contribution in [3.8, 4) is 11.5 Å². The van der Waals surface area contributed by atoms with Crippen LogP contribution in [0.3, 0.4) is 0 Å². The number of nitrogens with one attached hydrogen (secondary N) is 1. The van der Waals surface area contributed by atoms with Gasteiger partial charge in [-0.2, -0.15) is 0 Å². The van der Waals surface area contributed by atoms with Crippen molar-refractivity contribution >= 4 is 23.5 Å². The maximum Gasteiger partial charge on any atom is 0.325 e. The number of imide groups is 1. The Kier molecular flexibility index (Phi) is 6.84. The van der Waals surface area contributed by atoms with Crippen LogP contribution in [-0.4, -0.2) is 40.6 Å². The fourth-order valence-electron chi connectivity index (χ4n) is 6.07. The number of methoxy groups -OCH3 is 1. The second kappa shape index (κ2) is 9.58. The smallest absolute Gasteiger partial charge is 0.325 e. The second-order valence-electron chi connectivity index (χ2n) is 9.65. The van der Waals surface area contributed by atoms with Crippen molar-refractivity contribution in [1.29, 1.82) is 0 Å². The summed E-state index contributed by atoms with van der Waals surface area (Å²) in [5.41, 5.74) is 0.917. The molecule has 192 valence electrons. The molecule has 2 amide bonds. The third-order valence-electron chi connectivity index (χ3n) is 8.11. The number of para-hydroxylation sites is 2. The lowest BCUT2D eigenvalue weighted by Crippen LogP contribution is -2.59. The molecule has 2 heterocycles. The Morgan fingerprint density at radius 2 is 1.69 bits per heavy atom. The molecule has 2 aromatic rings. The number of ether oxygens (including phenoxy) is 1. The van der Waals surface area contributed by atoms with Gasteiger partial charge in [0.2, 0.25) is 11.8 Å². The number of nitrogens with zero attached hydrogens (tertiary/aromatic N) is 1. The molecule has 0 bridgehead atoms. The molecule has 0 saturated carbocycles. The van der Waals surface area contributed by atoms with Crippen LogP contribution in [0.2, 0.25) is 0 Å². The van der Waals surface area contributed by atoms with Crippen LogP contribution in [0.25, 0.3) is 0 Å². The minimum absolute atomic E-state index is 0.177. The maximum absolute atomic E-state index is 14.2. The Morgan fingerprint density at radius 1 is 1.08 bits per heavy atom. The van der Waals surface area contributed by atoms with Crippen molar-refractivity contribution in [1.82, 2.24) is 5.32 Å². The van der Waals surface area contributed by atoms with Gasteiger partial charge in [-0.15, -0.1) is 0 Å². The van der Waals surface area contributed by atoms with Gasteiger partial charge in [-0.25, -0.2) is 4.90 Å². The summed E-state index contributed by atoms with van der Waals surface area (Å²) in [5.74, 6) is -4.72. The molecule has 5 atom stereocenters. The normalized spacial score (nSPS) is 26.2. The third-order valence-corrected chi connectivity index (χ3v) is 8.11. The lowest BCUT2D eigenvalue weighted by atomic mass is 9.72. The number of aromatic hydroxyl groups is 1. The van der Waals surface area contributed by atoms with Gasteiger partial charge in [0.25, 0.3) is 0 Å². The number of carboxylic acids is 1. The summed E-state index contributed by atoms with van der Waals surface area (Å²) in [6.45, 7) is 7.57. The summed E-state index contributed by atoms with van der Waals surface area (Å²) in [4.78, 5) is 42.5. The number of hydrogen-bond acceptors (Lipinski definition) is 6. The van der Waals surface area contributed by atoms with Crippen molar-refractivity contribution in [3.05, 3.63) is 53.1 Å². The molecule has 8 heteroatoms. The van der Waals surface area contributed by atoms with Crippen molar-refractivity contribution in [2.75, 3.05) is 12.0 Å². The Morgan fingerprint density at radius 3 is 2.22 bits per heavy atom. The molecule has 2 aliphatic heterocycles. The Hall–Kier alpha value is -3.39. The first-order valence-corrected chi connectivity index (χ1v) is 12.5. The predicted molar refractivity (Wildman–Crippen MR) is 135 cm³/mol. The zero-order valence-corrected chi connectivity index (χ0v) is 21.4. The van der Waals surface area contributed by atoms with E-state index in [1.807, 2.05) is 39.0 Å². The number of aryl methyl sites for hydroxylation is 2. The summed E-state index contributed by atoms with van der Waals surface area (Å²) in [6.07, 6.45) is 1.71. The van der Waals surface area contributed by atoms with E-state index < -0.39 is 47.1 Å². The van der Waals surface area contributed by atoms with Gasteiger partial charge < -0.3 is 14.9 Å². The number of aliphatic carboxylic acids is 1. The van der Waals surface area contributed by atoms with Crippen LogP contribution in [0.1, 0.15) is 56.8 Å². The van der Waals surface area contributed by atoms with E-state index in [0.717, 1.165) is 11.1 Å². The summed E-state index contributed by atoms with van der Waals surface area (Å²) < 4.78 is 5.27. The number of carbonyl (C=O) groups is 3. The van der Waals surface area contributed by atoms with E-state index >= 15 is 0 Å². The molecule has 2 fully saturated rings. The standard InChI is InChI=1S/C28H34N2O6/c1-6-15(4)28(27(34)35)21-20(22(29-28)18-13-10-14-19(36-5)24(18)31)25(32)30(26(21)33)23-16(7-2)11-9-12-17(23)8-3/h9-15,20-22,29,31H,6-8H2,1-5H3,(H,34,35). The number of fused-ring (bicyclic) bond motifs is 1. The van der Waals surface area contributed by atoms with Crippen LogP contribution < -0.4 is 15.0 Å². The van der Waals surface area contributed by atoms with Crippen LogP contribution in [0.4, 0.5) is 5.69 Å². The van der Waals surface area contributed by atoms with Gasteiger partial charge in [0.1, 0.15) is 5.54 Å². The highest BCUT2D eigenvalue weighted by Gasteiger charge is 2.70. The van der Waals surface area contributed by atoms with E-state index in [4.69, 9.17) is 4.74 Å². The summed E-state index contributed by atoms with van der Waals surface area (Å²) >= 11 is 0. The van der Waals surface area contributed by atoms with Crippen LogP contribution >= 0.6 is 0 Å². The van der Waals surface area contributed by atoms with Gasteiger partial charge in [-0.3, -0.25) is 19.7 Å². The summed E-state index contributed by atoms with van der Waals surface area (Å²) in [5, 5.41) is 24.7. The molecule has 36 heavy (non-hydrogen) atoms. The number of rotatable bonds is 8. The van der Waals surface area contributed by atoms with E-state index in [1.165, 1.54) is 12.0 Å². The first kappa shape index (κ1) is 25.7. The van der Waals surface area contributed by atoms with Gasteiger partial charge in [-0.1, -0.05) is 64.4 Å². The van der Waals surface area contributed by atoms with Crippen LogP contribution in [0.5, 0.6) is 11.5 Å². The van der Waals surface area contributed by atoms with Crippen molar-refractivity contribution in [3.63, 3.8) is 0 Å². The molecule has 4 rings (SSSR count). The van der Waals surface area contributed by atoms with Gasteiger partial charge >= 0.3 is 5.97 Å². The van der Waals surface area contributed by atoms with Crippen molar-refractivity contribution in [2.45, 2.75) is 58.5 Å². The highest BCUT2D eigenvalue weighted by atomic mass is 16.5. The molecule has 3 N–H and O–H groups in total. The van der Waals surface area contributed by atoms with E-state index in [1.54, 1.807) is 25.1 Å². The number of hydrogen-bond donors (Lipinski definition) is 3. The van der Waals surface area contributed by atoms with Gasteiger partial charge in [0.05, 0.1) is 24.6 Å². The molecular formula is C28H34N2O6. The average Bonchev–Trinajstić information content (AvgIpc) is 3.37. The van der Waals surface area contributed by atoms with Crippen molar-refractivity contribution < 1.29 is 29.3 Å². The van der Waals surface area contributed by atoms with E-state index in [0.29, 0.717) is 30.5 Å². The van der Waals surface area contributed by atoms with Gasteiger partial charge in [0, 0.05) is 11.6 Å². The molecule has 5 unspecified atom stereocenters. The van der Waals surface area contributed by atoms with Gasteiger partial charge in [0.15, 0.2) is 11.5 Å². The fraction of sp³-hybridized carbons (Fsp3) is 0.464. The summed E-state index contributed by atoms with van der Waals surface area (Å²) in [6, 6.07) is 9.71. The molecule has 2 saturated heterocycles. The van der Waals surface area contributed by atoms with E-state index in [2.05, 4.69) is 5.32 Å². The van der Waals surface area contributed by atoms with E-state index in [-0.39, 0.29) is 11.5 Å². The maximum atomic E-state index is 14.2. The number of anilines is 1. The molecule has 0 radical (unpaired) electrons. The van der Waals surface area contributed by atoms with Crippen molar-refractivity contribution in [2.24, 2.45) is 17.8 Å². The topological polar surface area (TPSA) is 116 Å². The number of benzene rings is 2. The number of amides is 2. The number of phenols is 1. The molecule has 0 aromatic heterocycles. The highest BCUT2D eigenvalue weighted by Crippen LogP contribution is 2.55. The Labute approximate surface area is 211 Å². The lowest BCUT2D eigenvalue weighted by Gasteiger charge is -2.36. The molecule has 2 aliphatic rings. The first-order valence-electron chi connectivity index (χ1n) is 12.5. The fourth-order valence-corrected chi connectivity index (χ4v) is 6.07.